The molecule has 1 unspecified atom stereocenters. The molecule has 0 aliphatic heterocycles. The van der Waals surface area contributed by atoms with Crippen molar-refractivity contribution in [3.05, 3.63) is 89.1 Å². The third-order valence-corrected chi connectivity index (χ3v) is 6.26. The monoisotopic (exact) mass is 456 g/mol. The van der Waals surface area contributed by atoms with E-state index in [1.54, 1.807) is 24.4 Å². The molecule has 0 radical (unpaired) electrons. The van der Waals surface area contributed by atoms with Crippen molar-refractivity contribution in [2.45, 2.75) is 30.2 Å². The second kappa shape index (κ2) is 8.70. The van der Waals surface area contributed by atoms with Gasteiger partial charge in [-0.05, 0) is 53.9 Å². The minimum Gasteiger partial charge on any atom is -0.426 e. The van der Waals surface area contributed by atoms with Crippen LogP contribution < -0.4 is 4.74 Å². The van der Waals surface area contributed by atoms with Crippen LogP contribution in [0.1, 0.15) is 34.4 Å². The second-order valence-electron chi connectivity index (χ2n) is 7.32. The van der Waals surface area contributed by atoms with Crippen molar-refractivity contribution >= 4 is 28.6 Å². The van der Waals surface area contributed by atoms with Crippen LogP contribution >= 0.6 is 11.8 Å². The van der Waals surface area contributed by atoms with E-state index in [4.69, 9.17) is 4.74 Å². The quantitative estimate of drug-likeness (QED) is 0.206. The lowest BCUT2D eigenvalue weighted by atomic mass is 9.99. The van der Waals surface area contributed by atoms with Crippen molar-refractivity contribution < 1.29 is 22.7 Å². The summed E-state index contributed by atoms with van der Waals surface area (Å²) in [5, 5.41) is 7.43. The highest BCUT2D eigenvalue weighted by Crippen LogP contribution is 2.44. The molecule has 1 atom stereocenters. The standard InChI is InChI=1S/C24H19F3N2O2S/c1-14-11-18(9-10-22(14)31-15(2)30)32-23(16-5-3-6-17(12-16)24(25,26)27)19-7-4-8-21-20(19)13-28-29-21/h3-13,23H,1-2H3,(H,28,29). The SMILES string of the molecule is CC(=O)Oc1ccc(SC(c2cccc(C(F)(F)F)c2)c2cccc3[nH]ncc23)cc1C. The fraction of sp³-hybridized carbons (Fsp3) is 0.167. The summed E-state index contributed by atoms with van der Waals surface area (Å²) in [7, 11) is 0. The Kier molecular flexibility index (Phi) is 5.97. The Morgan fingerprint density at radius 1 is 1.09 bits per heavy atom. The molecule has 0 fully saturated rings. The number of hydrogen-bond acceptors (Lipinski definition) is 4. The van der Waals surface area contributed by atoms with Crippen molar-refractivity contribution in [2.24, 2.45) is 0 Å². The van der Waals surface area contributed by atoms with Gasteiger partial charge in [-0.1, -0.05) is 30.3 Å². The molecule has 1 aromatic heterocycles. The Labute approximate surface area is 186 Å². The zero-order valence-electron chi connectivity index (χ0n) is 17.2. The topological polar surface area (TPSA) is 55.0 Å². The first kappa shape index (κ1) is 22.0. The zero-order valence-corrected chi connectivity index (χ0v) is 18.1. The first-order valence-electron chi connectivity index (χ1n) is 9.77. The van der Waals surface area contributed by atoms with Gasteiger partial charge < -0.3 is 4.74 Å². The number of fused-ring (bicyclic) bond motifs is 1. The number of ether oxygens (including phenoxy) is 1. The predicted octanol–water partition coefficient (Wildman–Crippen LogP) is 6.70. The molecule has 0 saturated heterocycles. The van der Waals surface area contributed by atoms with Gasteiger partial charge >= 0.3 is 12.1 Å². The lowest BCUT2D eigenvalue weighted by molar-refractivity contribution is -0.137. The number of H-pyrrole nitrogens is 1. The summed E-state index contributed by atoms with van der Waals surface area (Å²) in [6.07, 6.45) is -2.75. The van der Waals surface area contributed by atoms with Gasteiger partial charge in [-0.25, -0.2) is 0 Å². The number of carbonyl (C=O) groups is 1. The minimum atomic E-state index is -4.44. The van der Waals surface area contributed by atoms with Crippen LogP contribution in [0.2, 0.25) is 0 Å². The van der Waals surface area contributed by atoms with Crippen LogP contribution in [0.5, 0.6) is 5.75 Å². The van der Waals surface area contributed by atoms with Crippen molar-refractivity contribution in [1.29, 1.82) is 0 Å². The number of aryl methyl sites for hydroxylation is 1. The number of nitrogens with one attached hydrogen (secondary N) is 1. The van der Waals surface area contributed by atoms with Gasteiger partial charge in [-0.15, -0.1) is 11.8 Å². The van der Waals surface area contributed by atoms with Gasteiger partial charge in [0.1, 0.15) is 5.75 Å². The van der Waals surface area contributed by atoms with Gasteiger partial charge in [-0.3, -0.25) is 9.89 Å². The van der Waals surface area contributed by atoms with Crippen molar-refractivity contribution in [2.75, 3.05) is 0 Å². The number of alkyl halides is 3. The lowest BCUT2D eigenvalue weighted by Gasteiger charge is -2.20. The number of esters is 1. The fourth-order valence-electron chi connectivity index (χ4n) is 3.51. The van der Waals surface area contributed by atoms with E-state index in [2.05, 4.69) is 10.2 Å². The van der Waals surface area contributed by atoms with E-state index in [0.29, 0.717) is 11.3 Å². The maximum absolute atomic E-state index is 13.4. The first-order chi connectivity index (χ1) is 15.2. The van der Waals surface area contributed by atoms with E-state index in [9.17, 15) is 18.0 Å². The highest BCUT2D eigenvalue weighted by Gasteiger charge is 2.31. The van der Waals surface area contributed by atoms with E-state index >= 15 is 0 Å². The minimum absolute atomic E-state index is 0.415. The zero-order chi connectivity index (χ0) is 22.9. The number of benzene rings is 3. The normalized spacial score (nSPS) is 12.7. The lowest BCUT2D eigenvalue weighted by Crippen LogP contribution is -2.07. The molecule has 0 aliphatic carbocycles. The van der Waals surface area contributed by atoms with Gasteiger partial charge in [0.2, 0.25) is 0 Å². The highest BCUT2D eigenvalue weighted by molar-refractivity contribution is 7.99. The Bertz CT molecular complexity index is 1280. The summed E-state index contributed by atoms with van der Waals surface area (Å²) < 4.78 is 45.4. The third kappa shape index (κ3) is 4.65. The number of carbonyl (C=O) groups excluding carboxylic acids is 1. The van der Waals surface area contributed by atoms with Crippen LogP contribution in [0, 0.1) is 6.92 Å². The molecule has 32 heavy (non-hydrogen) atoms. The van der Waals surface area contributed by atoms with Gasteiger partial charge in [0, 0.05) is 17.2 Å². The molecule has 0 amide bonds. The molecule has 8 heteroatoms. The Morgan fingerprint density at radius 2 is 1.88 bits per heavy atom. The average molecular weight is 456 g/mol. The van der Waals surface area contributed by atoms with Crippen molar-refractivity contribution in [3.63, 3.8) is 0 Å². The third-order valence-electron chi connectivity index (χ3n) is 4.97. The number of aromatic amines is 1. The van der Waals surface area contributed by atoms with Crippen molar-refractivity contribution in [1.82, 2.24) is 10.2 Å². The summed E-state index contributed by atoms with van der Waals surface area (Å²) in [5.41, 5.74) is 2.25. The maximum Gasteiger partial charge on any atom is 0.416 e. The van der Waals surface area contributed by atoms with Crippen LogP contribution in [-0.2, 0) is 11.0 Å². The number of rotatable bonds is 5. The van der Waals surface area contributed by atoms with E-state index < -0.39 is 23.0 Å². The summed E-state index contributed by atoms with van der Waals surface area (Å²) in [6, 6.07) is 16.4. The summed E-state index contributed by atoms with van der Waals surface area (Å²) in [6.45, 7) is 3.15. The molecule has 164 valence electrons. The number of thioether (sulfide) groups is 1. The Balaban J connectivity index is 1.80. The highest BCUT2D eigenvalue weighted by atomic mass is 32.2. The summed E-state index contributed by atoms with van der Waals surface area (Å²) in [5.74, 6) is 0.0383. The molecule has 0 bridgehead atoms. The predicted molar refractivity (Wildman–Crippen MR) is 118 cm³/mol. The molecule has 4 nitrogen and oxygen atoms in total. The number of aromatic nitrogens is 2. The van der Waals surface area contributed by atoms with Crippen LogP contribution in [0.25, 0.3) is 10.9 Å². The maximum atomic E-state index is 13.4. The molecule has 3 aromatic carbocycles. The second-order valence-corrected chi connectivity index (χ2v) is 8.50. The molecule has 0 spiro atoms. The molecule has 0 aliphatic rings. The molecule has 1 N–H and O–H groups in total. The van der Waals surface area contributed by atoms with Crippen molar-refractivity contribution in [3.8, 4) is 5.75 Å². The largest absolute Gasteiger partial charge is 0.426 e. The number of hydrogen-bond donors (Lipinski definition) is 1. The molecule has 0 saturated carbocycles. The first-order valence-corrected chi connectivity index (χ1v) is 10.7. The van der Waals surface area contributed by atoms with Crippen LogP contribution in [-0.4, -0.2) is 16.2 Å². The van der Waals surface area contributed by atoms with Gasteiger partial charge in [0.25, 0.3) is 0 Å². The van der Waals surface area contributed by atoms with E-state index in [-0.39, 0.29) is 0 Å². The van der Waals surface area contributed by atoms with E-state index in [0.717, 1.165) is 33.0 Å². The van der Waals surface area contributed by atoms with Gasteiger partial charge in [-0.2, -0.15) is 18.3 Å². The summed E-state index contributed by atoms with van der Waals surface area (Å²) >= 11 is 1.42. The van der Waals surface area contributed by atoms with E-state index in [1.807, 2.05) is 31.2 Å². The Morgan fingerprint density at radius 3 is 2.59 bits per heavy atom. The van der Waals surface area contributed by atoms with Gasteiger partial charge in [0.15, 0.2) is 0 Å². The molecule has 1 heterocycles. The summed E-state index contributed by atoms with van der Waals surface area (Å²) in [4.78, 5) is 12.1. The van der Waals surface area contributed by atoms with Crippen LogP contribution in [0.4, 0.5) is 13.2 Å². The van der Waals surface area contributed by atoms with Crippen LogP contribution in [0.15, 0.2) is 71.8 Å². The van der Waals surface area contributed by atoms with Gasteiger partial charge in [0.05, 0.1) is 22.5 Å². The number of halogens is 3. The Hall–Kier alpha value is -3.26. The number of nitrogens with zero attached hydrogens (tertiary/aromatic N) is 1. The molecule has 4 rings (SSSR count). The molecular weight excluding hydrogens is 437 g/mol. The van der Waals surface area contributed by atoms with Crippen LogP contribution in [0.3, 0.4) is 0 Å². The molecular formula is C24H19F3N2O2S. The average Bonchev–Trinajstić information content (AvgIpc) is 3.22. The smallest absolute Gasteiger partial charge is 0.416 e. The molecule has 4 aromatic rings. The van der Waals surface area contributed by atoms with E-state index in [1.165, 1.54) is 30.8 Å². The fourth-order valence-corrected chi connectivity index (χ4v) is 4.79.